The van der Waals surface area contributed by atoms with Crippen LogP contribution < -0.4 is 4.74 Å². The highest BCUT2D eigenvalue weighted by Gasteiger charge is 2.29. The van der Waals surface area contributed by atoms with E-state index in [-0.39, 0.29) is 0 Å². The van der Waals surface area contributed by atoms with Gasteiger partial charge in [0.05, 0.1) is 13.7 Å². The first-order chi connectivity index (χ1) is 11.8. The van der Waals surface area contributed by atoms with E-state index < -0.39 is 0 Å². The maximum atomic E-state index is 12.8. The second-order valence-corrected chi connectivity index (χ2v) is 7.05. The van der Waals surface area contributed by atoms with Gasteiger partial charge in [-0.25, -0.2) is 0 Å². The zero-order valence-electron chi connectivity index (χ0n) is 14.9. The van der Waals surface area contributed by atoms with E-state index in [0.717, 1.165) is 44.6 Å². The summed E-state index contributed by atoms with van der Waals surface area (Å²) in [5.41, 5.74) is 1.30. The number of nitrogens with zero attached hydrogens (tertiary/aromatic N) is 2. The van der Waals surface area contributed by atoms with Crippen LogP contribution in [-0.2, 0) is 4.79 Å². The molecule has 1 aromatic rings. The van der Waals surface area contributed by atoms with Gasteiger partial charge in [-0.2, -0.15) is 0 Å². The third-order valence-electron chi connectivity index (χ3n) is 5.41. The maximum Gasteiger partial charge on any atom is 0.236 e. The lowest BCUT2D eigenvalue weighted by molar-refractivity contribution is -0.133. The molecule has 2 fully saturated rings. The predicted octanol–water partition coefficient (Wildman–Crippen LogP) is 3.62. The van der Waals surface area contributed by atoms with Crippen LogP contribution in [0.2, 0.25) is 0 Å². The molecule has 0 radical (unpaired) electrons. The fraction of sp³-hybridized carbons (Fsp3) is 0.650. The number of rotatable bonds is 4. The number of ether oxygens (including phenoxy) is 1. The van der Waals surface area contributed by atoms with Crippen LogP contribution >= 0.6 is 0 Å². The Morgan fingerprint density at radius 3 is 2.33 bits per heavy atom. The molecule has 0 N–H and O–H groups in total. The minimum absolute atomic E-state index is 0.317. The zero-order valence-corrected chi connectivity index (χ0v) is 14.9. The standard InChI is InChI=1S/C20H30N2O2/c1-24-18-11-9-17(10-12-18)19-8-7-15-22(19)16-20(23)21-13-5-3-2-4-6-14-21/h9-12,19H,2-8,13-16H2,1H3. The Labute approximate surface area is 145 Å². The van der Waals surface area contributed by atoms with Crippen molar-refractivity contribution in [2.24, 2.45) is 0 Å². The molecule has 2 saturated heterocycles. The summed E-state index contributed by atoms with van der Waals surface area (Å²) in [6.45, 7) is 3.48. The molecule has 0 saturated carbocycles. The van der Waals surface area contributed by atoms with Crippen molar-refractivity contribution in [3.8, 4) is 5.75 Å². The van der Waals surface area contributed by atoms with Gasteiger partial charge in [0.2, 0.25) is 5.91 Å². The van der Waals surface area contributed by atoms with Crippen LogP contribution in [0.25, 0.3) is 0 Å². The number of hydrogen-bond donors (Lipinski definition) is 0. The normalized spacial score (nSPS) is 22.9. The molecule has 1 unspecified atom stereocenters. The Morgan fingerprint density at radius 1 is 1.00 bits per heavy atom. The molecule has 24 heavy (non-hydrogen) atoms. The first-order valence-corrected chi connectivity index (χ1v) is 9.44. The monoisotopic (exact) mass is 330 g/mol. The Balaban J connectivity index is 1.61. The zero-order chi connectivity index (χ0) is 16.8. The fourth-order valence-electron chi connectivity index (χ4n) is 3.99. The van der Waals surface area contributed by atoms with Crippen LogP contribution in [-0.4, -0.2) is 49.0 Å². The molecule has 2 heterocycles. The largest absolute Gasteiger partial charge is 0.497 e. The summed E-state index contributed by atoms with van der Waals surface area (Å²) < 4.78 is 5.25. The molecular weight excluding hydrogens is 300 g/mol. The van der Waals surface area contributed by atoms with Crippen molar-refractivity contribution in [1.29, 1.82) is 0 Å². The number of hydrogen-bond acceptors (Lipinski definition) is 3. The van der Waals surface area contributed by atoms with Crippen molar-refractivity contribution in [3.05, 3.63) is 29.8 Å². The first-order valence-electron chi connectivity index (χ1n) is 9.44. The molecule has 132 valence electrons. The second kappa shape index (κ2) is 8.52. The number of likely N-dealkylation sites (tertiary alicyclic amines) is 2. The average molecular weight is 330 g/mol. The summed E-state index contributed by atoms with van der Waals surface area (Å²) in [7, 11) is 1.69. The minimum Gasteiger partial charge on any atom is -0.497 e. The van der Waals surface area contributed by atoms with Crippen molar-refractivity contribution in [2.75, 3.05) is 33.3 Å². The van der Waals surface area contributed by atoms with Crippen molar-refractivity contribution in [3.63, 3.8) is 0 Å². The molecule has 0 aromatic heterocycles. The van der Waals surface area contributed by atoms with E-state index in [1.807, 2.05) is 12.1 Å². The average Bonchev–Trinajstić information content (AvgIpc) is 3.02. The van der Waals surface area contributed by atoms with Crippen LogP contribution in [0.5, 0.6) is 5.75 Å². The van der Waals surface area contributed by atoms with Gasteiger partial charge in [0.15, 0.2) is 0 Å². The topological polar surface area (TPSA) is 32.8 Å². The van der Waals surface area contributed by atoms with Crippen LogP contribution in [0, 0.1) is 0 Å². The molecule has 0 bridgehead atoms. The van der Waals surface area contributed by atoms with E-state index in [1.54, 1.807) is 7.11 Å². The van der Waals surface area contributed by atoms with E-state index in [4.69, 9.17) is 4.74 Å². The lowest BCUT2D eigenvalue weighted by atomic mass is 10.0. The SMILES string of the molecule is COc1ccc(C2CCCN2CC(=O)N2CCCCCCC2)cc1. The summed E-state index contributed by atoms with van der Waals surface area (Å²) in [5.74, 6) is 1.21. The Morgan fingerprint density at radius 2 is 1.67 bits per heavy atom. The maximum absolute atomic E-state index is 12.8. The summed E-state index contributed by atoms with van der Waals surface area (Å²) >= 11 is 0. The highest BCUT2D eigenvalue weighted by atomic mass is 16.5. The van der Waals surface area contributed by atoms with Gasteiger partial charge in [-0.1, -0.05) is 31.4 Å². The lowest BCUT2D eigenvalue weighted by Gasteiger charge is -2.29. The molecule has 0 spiro atoms. The van der Waals surface area contributed by atoms with Gasteiger partial charge in [-0.15, -0.1) is 0 Å². The molecule has 2 aliphatic heterocycles. The molecule has 3 rings (SSSR count). The van der Waals surface area contributed by atoms with Crippen LogP contribution in [0.1, 0.15) is 56.6 Å². The Kier molecular flexibility index (Phi) is 6.13. The number of carbonyl (C=O) groups is 1. The first kappa shape index (κ1) is 17.3. The van der Waals surface area contributed by atoms with Crippen LogP contribution in [0.4, 0.5) is 0 Å². The van der Waals surface area contributed by atoms with Gasteiger partial charge in [-0.3, -0.25) is 9.69 Å². The number of amides is 1. The van der Waals surface area contributed by atoms with Gasteiger partial charge in [-0.05, 0) is 49.9 Å². The summed E-state index contributed by atoms with van der Waals surface area (Å²) in [6.07, 6.45) is 8.49. The molecule has 1 atom stereocenters. The Hall–Kier alpha value is -1.55. The van der Waals surface area contributed by atoms with E-state index in [1.165, 1.54) is 31.2 Å². The summed E-state index contributed by atoms with van der Waals surface area (Å²) in [4.78, 5) is 17.2. The van der Waals surface area contributed by atoms with E-state index in [2.05, 4.69) is 21.9 Å². The second-order valence-electron chi connectivity index (χ2n) is 7.05. The van der Waals surface area contributed by atoms with Crippen molar-refractivity contribution in [1.82, 2.24) is 9.80 Å². The van der Waals surface area contributed by atoms with Gasteiger partial charge in [0, 0.05) is 19.1 Å². The molecule has 1 aromatic carbocycles. The van der Waals surface area contributed by atoms with Crippen molar-refractivity contribution >= 4 is 5.91 Å². The Bertz CT molecular complexity index is 521. The van der Waals surface area contributed by atoms with Gasteiger partial charge in [0.1, 0.15) is 5.75 Å². The molecule has 4 nitrogen and oxygen atoms in total. The van der Waals surface area contributed by atoms with Gasteiger partial charge < -0.3 is 9.64 Å². The van der Waals surface area contributed by atoms with Crippen molar-refractivity contribution < 1.29 is 9.53 Å². The van der Waals surface area contributed by atoms with Gasteiger partial charge >= 0.3 is 0 Å². The third kappa shape index (κ3) is 4.29. The molecule has 0 aliphatic carbocycles. The smallest absolute Gasteiger partial charge is 0.236 e. The minimum atomic E-state index is 0.317. The predicted molar refractivity (Wildman–Crippen MR) is 96.2 cm³/mol. The molecule has 1 amide bonds. The third-order valence-corrected chi connectivity index (χ3v) is 5.41. The van der Waals surface area contributed by atoms with Crippen LogP contribution in [0.3, 0.4) is 0 Å². The lowest BCUT2D eigenvalue weighted by Crippen LogP contribution is -2.41. The van der Waals surface area contributed by atoms with E-state index in [9.17, 15) is 4.79 Å². The molecule has 4 heteroatoms. The highest BCUT2D eigenvalue weighted by molar-refractivity contribution is 5.78. The van der Waals surface area contributed by atoms with E-state index in [0.29, 0.717) is 18.5 Å². The summed E-state index contributed by atoms with van der Waals surface area (Å²) in [6, 6.07) is 8.69. The highest BCUT2D eigenvalue weighted by Crippen LogP contribution is 2.32. The number of carbonyl (C=O) groups excluding carboxylic acids is 1. The quantitative estimate of drug-likeness (QED) is 0.845. The molecule has 2 aliphatic rings. The number of benzene rings is 1. The van der Waals surface area contributed by atoms with E-state index >= 15 is 0 Å². The number of methoxy groups -OCH3 is 1. The van der Waals surface area contributed by atoms with Gasteiger partial charge in [0.25, 0.3) is 0 Å². The van der Waals surface area contributed by atoms with Crippen LogP contribution in [0.15, 0.2) is 24.3 Å². The van der Waals surface area contributed by atoms with Crippen molar-refractivity contribution in [2.45, 2.75) is 51.0 Å². The fourth-order valence-corrected chi connectivity index (χ4v) is 3.99. The summed E-state index contributed by atoms with van der Waals surface area (Å²) in [5, 5.41) is 0. The molecular formula is C20H30N2O2.